The lowest BCUT2D eigenvalue weighted by molar-refractivity contribution is -0.0394. The van der Waals surface area contributed by atoms with Gasteiger partial charge in [0, 0.05) is 117 Å². The maximum Gasteiger partial charge on any atom is 0.268 e. The van der Waals surface area contributed by atoms with Crippen molar-refractivity contribution in [1.29, 1.82) is 0 Å². The van der Waals surface area contributed by atoms with E-state index in [0.717, 1.165) is 63.2 Å². The van der Waals surface area contributed by atoms with Crippen LogP contribution in [0.3, 0.4) is 0 Å². The van der Waals surface area contributed by atoms with Crippen molar-refractivity contribution in [3.63, 3.8) is 0 Å². The average molecular weight is 1910 g/mol. The molecular formula is C90H156BrClN18O8S2Si4. The number of ether oxygens (including phenoxy) is 2. The van der Waals surface area contributed by atoms with Gasteiger partial charge in [-0.3, -0.25) is 24.8 Å². The molecule has 12 heterocycles. The molecule has 0 spiro atoms. The molecule has 34 heteroatoms. The number of nitrogens with zero attached hydrogens (tertiary/aromatic N) is 14. The normalized spacial score (nSPS) is 20.4. The maximum atomic E-state index is 13.6. The van der Waals surface area contributed by atoms with Gasteiger partial charge in [-0.25, -0.2) is 55.3 Å². The molecule has 2 amide bonds. The smallest absolute Gasteiger partial charge is 0.268 e. The maximum absolute atomic E-state index is 13.6. The first-order valence-electron chi connectivity index (χ1n) is 44.8. The fourth-order valence-electron chi connectivity index (χ4n) is 16.2. The summed E-state index contributed by atoms with van der Waals surface area (Å²) in [6.07, 6.45) is 25.2. The minimum Gasteiger partial charge on any atom is -0.357 e. The highest BCUT2D eigenvalue weighted by Crippen LogP contribution is 2.41. The summed E-state index contributed by atoms with van der Waals surface area (Å²) in [5, 5.41) is 29.9. The summed E-state index contributed by atoms with van der Waals surface area (Å²) in [5.74, 6) is 1.02. The molecule has 12 rings (SSSR count). The first-order valence-corrected chi connectivity index (χ1v) is 62.5. The molecule has 696 valence electrons. The van der Waals surface area contributed by atoms with Gasteiger partial charge in [-0.1, -0.05) is 187 Å². The molecule has 0 saturated carbocycles. The van der Waals surface area contributed by atoms with E-state index in [0.29, 0.717) is 68.9 Å². The number of aryl methyl sites for hydroxylation is 2. The molecular weight excluding hydrogens is 1750 g/mol. The zero-order valence-electron chi connectivity index (χ0n) is 81.0. The average Bonchev–Trinajstić information content (AvgIpc) is 1.56. The lowest BCUT2D eigenvalue weighted by Gasteiger charge is -2.34. The zero-order valence-corrected chi connectivity index (χ0v) is 89.0. The Balaban J connectivity index is 0.000000221. The van der Waals surface area contributed by atoms with Crippen molar-refractivity contribution in [2.24, 2.45) is 40.5 Å². The van der Waals surface area contributed by atoms with E-state index in [1.807, 2.05) is 35.5 Å². The van der Waals surface area contributed by atoms with Crippen LogP contribution >= 0.6 is 27.0 Å². The predicted octanol–water partition coefficient (Wildman–Crippen LogP) is 18.3. The summed E-state index contributed by atoms with van der Waals surface area (Å²) in [6.45, 7) is 66.1. The van der Waals surface area contributed by atoms with Gasteiger partial charge >= 0.3 is 0 Å². The van der Waals surface area contributed by atoms with Crippen molar-refractivity contribution in [2.45, 2.75) is 332 Å². The third-order valence-corrected chi connectivity index (χ3v) is 39.3. The van der Waals surface area contributed by atoms with Crippen LogP contribution in [0.15, 0.2) is 95.2 Å². The van der Waals surface area contributed by atoms with Crippen molar-refractivity contribution in [3.8, 4) is 5.82 Å². The number of hydrogen-bond acceptors (Lipinski definition) is 19. The lowest BCUT2D eigenvalue weighted by atomic mass is 9.94. The molecule has 5 aliphatic heterocycles. The number of carbonyl (C=O) groups is 2. The van der Waals surface area contributed by atoms with Crippen LogP contribution in [0.5, 0.6) is 0 Å². The Bertz CT molecular complexity index is 4770. The van der Waals surface area contributed by atoms with E-state index in [2.05, 4.69) is 271 Å². The summed E-state index contributed by atoms with van der Waals surface area (Å²) < 4.78 is 75.7. The zero-order chi connectivity index (χ0) is 93.0. The number of aromatic nitrogens is 12. The number of rotatable bonds is 22. The second-order valence-electron chi connectivity index (χ2n) is 44.0. The second kappa shape index (κ2) is 42.9. The van der Waals surface area contributed by atoms with Gasteiger partial charge in [0.25, 0.3) is 21.8 Å². The number of H-pyrrole nitrogens is 1. The number of hydrogen-bond donors (Lipinski definition) is 4. The van der Waals surface area contributed by atoms with Crippen molar-refractivity contribution in [2.75, 3.05) is 49.7 Å². The van der Waals surface area contributed by atoms with Gasteiger partial charge < -0.3 is 19.3 Å². The first-order chi connectivity index (χ1) is 57.0. The Morgan fingerprint density at radius 2 is 1.12 bits per heavy atom. The van der Waals surface area contributed by atoms with E-state index in [1.54, 1.807) is 68.1 Å². The topological polar surface area (TPSA) is 292 Å². The minimum absolute atomic E-state index is 0.0306. The number of halogens is 2. The highest BCUT2D eigenvalue weighted by molar-refractivity contribution is 9.10. The van der Waals surface area contributed by atoms with Crippen LogP contribution in [-0.2, 0) is 36.6 Å². The minimum atomic E-state index is -4.13. The first kappa shape index (κ1) is 105. The number of pyridine rings is 2. The van der Waals surface area contributed by atoms with E-state index < -0.39 is 68.7 Å². The number of sulfonamides is 2. The molecule has 5 aliphatic rings. The van der Waals surface area contributed by atoms with Crippen LogP contribution in [-0.4, -0.2) is 187 Å². The predicted molar refractivity (Wildman–Crippen MR) is 523 cm³/mol. The molecule has 0 aromatic carbocycles. The van der Waals surface area contributed by atoms with Gasteiger partial charge in [0.15, 0.2) is 13.2 Å². The van der Waals surface area contributed by atoms with Crippen LogP contribution in [0.25, 0.3) is 5.82 Å². The third kappa shape index (κ3) is 32.1. The highest BCUT2D eigenvalue weighted by Gasteiger charge is 2.44. The summed E-state index contributed by atoms with van der Waals surface area (Å²) in [5.41, 5.74) is 4.97. The summed E-state index contributed by atoms with van der Waals surface area (Å²) in [7, 11) is -10.3. The molecule has 26 nitrogen and oxygen atoms in total. The van der Waals surface area contributed by atoms with Gasteiger partial charge in [0.05, 0.1) is 16.8 Å². The summed E-state index contributed by atoms with van der Waals surface area (Å²) in [4.78, 5) is 40.2. The summed E-state index contributed by atoms with van der Waals surface area (Å²) in [6, 6.07) is 19.8. The van der Waals surface area contributed by atoms with Crippen LogP contribution in [0.1, 0.15) is 247 Å². The Morgan fingerprint density at radius 1 is 0.605 bits per heavy atom. The molecule has 4 N–H and O–H groups in total. The monoisotopic (exact) mass is 1910 g/mol. The van der Waals surface area contributed by atoms with Crippen molar-refractivity contribution in [3.05, 3.63) is 107 Å². The lowest BCUT2D eigenvalue weighted by Crippen LogP contribution is -2.48. The molecule has 124 heavy (non-hydrogen) atoms. The van der Waals surface area contributed by atoms with Crippen molar-refractivity contribution >= 4 is 118 Å². The standard InChI is InChI=1S/C29H45N7O3SSi.C18H28BrN5O3S.C16H30N2OSi.C11H22N2Si.C8H19ClSi.C8H12N2O/c1-20-17-29(6,7)35(18-20)26-22(27(37)33-40(38,39)23-19-34(8)31-21(23)2)11-12-24(30-26)36-15-13-25(32-36)41(9,10)16-14-28(3,4)5;1-11-8-18(3,4)24(9-11)16-13(6-7-15(19)20-16)17(25)22-28(26,27)14-10-23(5)21-12(14)2;1-16(2,3)10-13-20(4,5)15-9-11-17-18(15)14-8-6-7-12-19-14;1-11(2,3)7-9-14(4,5)10-6-8-12-13-10;1-8(2,3)6-7-10(4,5)9;1-2-7-11-8(4-1)10-6-3-5-9-10/h11-13,15,19-20H,14,16-18H2,1-10H3,(H,33,37);6-7,11-12,14,21H,8-10H2,1-5H3,(H,22,25);9,11,14H,6-8,10,12-13H2,1-5H3;6,8H,7,9H2,1-5H3,(H,12,13);6-7H2,1-5H3;3,5-6,8H,1-2,4,7H2/t20-;11-,12?,14?;;;;/m00..../s1. The molecule has 6 atom stereocenters. The Kier molecular flexibility index (Phi) is 36.4. The van der Waals surface area contributed by atoms with Crippen LogP contribution < -0.4 is 40.6 Å². The van der Waals surface area contributed by atoms with E-state index in [4.69, 9.17) is 30.6 Å². The third-order valence-electron chi connectivity index (χ3n) is 23.9. The number of aromatic amines is 1. The summed E-state index contributed by atoms with van der Waals surface area (Å²) >= 11 is 9.55. The van der Waals surface area contributed by atoms with Crippen LogP contribution in [0.4, 0.5) is 11.6 Å². The van der Waals surface area contributed by atoms with E-state index >= 15 is 0 Å². The Hall–Kier alpha value is -5.73. The van der Waals surface area contributed by atoms with Gasteiger partial charge in [-0.05, 0) is 203 Å². The molecule has 5 fully saturated rings. The molecule has 5 saturated heterocycles. The van der Waals surface area contributed by atoms with Gasteiger partial charge in [-0.2, -0.15) is 36.6 Å². The van der Waals surface area contributed by atoms with E-state index in [-0.39, 0.29) is 51.0 Å². The number of amides is 2. The van der Waals surface area contributed by atoms with E-state index in [9.17, 15) is 26.4 Å². The van der Waals surface area contributed by atoms with Gasteiger partial charge in [0.2, 0.25) is 10.0 Å². The van der Waals surface area contributed by atoms with Gasteiger partial charge in [-0.15, -0.1) is 0 Å². The van der Waals surface area contributed by atoms with Crippen molar-refractivity contribution < 1.29 is 35.9 Å². The Labute approximate surface area is 762 Å². The molecule has 0 aliphatic carbocycles. The molecule has 4 unspecified atom stereocenters. The van der Waals surface area contributed by atoms with Crippen molar-refractivity contribution in [1.82, 2.24) is 79.2 Å². The fourth-order valence-corrected chi connectivity index (χ4v) is 28.9. The molecule has 0 radical (unpaired) electrons. The quantitative estimate of drug-likeness (QED) is 0.0278. The molecule has 0 bridgehead atoms. The molecule has 7 aromatic rings. The Morgan fingerprint density at radius 3 is 1.57 bits per heavy atom. The molecule has 7 aromatic heterocycles. The van der Waals surface area contributed by atoms with E-state index in [1.165, 1.54) is 84.6 Å². The number of carbonyl (C=O) groups excluding carboxylic acids is 2. The second-order valence-corrected chi connectivity index (χ2v) is 69.8. The number of anilines is 2. The number of hydrazine groups is 1. The van der Waals surface area contributed by atoms with Crippen LogP contribution in [0, 0.1) is 40.4 Å². The SMILES string of the molecule is CC(C)(C)CC[Si](C)(C)Cl.CC(C)(C)CC[Si](C)(C)c1ccn[nH]1.CC(C)(C)CC[Si](C)(C)c1ccnn1C1CCCCO1.CC1NN(C)CC1S(=O)(=O)NC(=O)c1ccc(Br)nc1N1C[C@@H](C)CC1(C)C.Cc1nn(C)cc1S(=O)(=O)NC(=O)c1ccc(-n2ccc([Si](C)(C)CCC(C)(C)C)n2)nc1N1C[C@@H](C)CC1(C)C.c1cnn(C2CCCCO2)c1. The number of nitrogens with one attached hydrogen (secondary N) is 4. The largest absolute Gasteiger partial charge is 0.357 e. The van der Waals surface area contributed by atoms with Crippen LogP contribution in [0.2, 0.25) is 76.6 Å². The fraction of sp³-hybridized carbons (Fsp3) is 0.700. The van der Waals surface area contributed by atoms with Gasteiger partial charge in [0.1, 0.15) is 63.1 Å². The highest BCUT2D eigenvalue weighted by atomic mass is 79.9.